The van der Waals surface area contributed by atoms with Crippen LogP contribution in [0.4, 0.5) is 0 Å². The van der Waals surface area contributed by atoms with Gasteiger partial charge in [0.15, 0.2) is 0 Å². The fourth-order valence-corrected chi connectivity index (χ4v) is 1.39. The fourth-order valence-electron chi connectivity index (χ4n) is 1.39. The van der Waals surface area contributed by atoms with Gasteiger partial charge in [-0.25, -0.2) is 12.1 Å². The van der Waals surface area contributed by atoms with Gasteiger partial charge in [0.1, 0.15) is 0 Å². The Morgan fingerprint density at radius 2 is 1.35 bits per heavy atom. The Morgan fingerprint density at radius 3 is 1.88 bits per heavy atom. The molecule has 0 aliphatic carbocycles. The van der Waals surface area contributed by atoms with Gasteiger partial charge >= 0.3 is 25.8 Å². The molecule has 0 N–H and O–H groups in total. The summed E-state index contributed by atoms with van der Waals surface area (Å²) >= 11 is 0. The molecule has 86 valence electrons. The topological polar surface area (TPSA) is 0 Å². The summed E-state index contributed by atoms with van der Waals surface area (Å²) in [6, 6.07) is 24.7. The zero-order valence-electron chi connectivity index (χ0n) is 10.4. The molecule has 1 heteroatoms. The first kappa shape index (κ1) is 18.4. The third-order valence-electron chi connectivity index (χ3n) is 2.10. The van der Waals surface area contributed by atoms with Crippen molar-refractivity contribution in [1.82, 2.24) is 0 Å². The van der Waals surface area contributed by atoms with Crippen LogP contribution in [0.15, 0.2) is 72.8 Å². The summed E-state index contributed by atoms with van der Waals surface area (Å²) in [6.45, 7) is 0. The van der Waals surface area contributed by atoms with Crippen LogP contribution in [-0.4, -0.2) is 0 Å². The van der Waals surface area contributed by atoms with Crippen molar-refractivity contribution in [3.8, 4) is 0 Å². The van der Waals surface area contributed by atoms with Crippen LogP contribution in [0.5, 0.6) is 0 Å². The summed E-state index contributed by atoms with van der Waals surface area (Å²) < 4.78 is 0. The van der Waals surface area contributed by atoms with Crippen molar-refractivity contribution < 1.29 is 25.8 Å². The van der Waals surface area contributed by atoms with Crippen molar-refractivity contribution in [1.29, 1.82) is 0 Å². The van der Waals surface area contributed by atoms with Gasteiger partial charge in [-0.3, -0.25) is 0 Å². The SMILES string of the molecule is [CH3-].[CH3-].[Hf+4].c1cc[cH-]c1.c1ccc2[cH-]ccc2c1. The Morgan fingerprint density at radius 1 is 0.706 bits per heavy atom. The Bertz CT molecular complexity index is 415. The van der Waals surface area contributed by atoms with Crippen LogP contribution in [0.25, 0.3) is 10.8 Å². The van der Waals surface area contributed by atoms with Gasteiger partial charge in [0, 0.05) is 0 Å². The van der Waals surface area contributed by atoms with E-state index in [1.807, 2.05) is 30.3 Å². The van der Waals surface area contributed by atoms with Crippen LogP contribution < -0.4 is 0 Å². The first-order valence-corrected chi connectivity index (χ1v) is 4.74. The second-order valence-electron chi connectivity index (χ2n) is 3.12. The molecule has 0 fully saturated rings. The maximum atomic E-state index is 2.12. The molecule has 0 spiro atoms. The standard InChI is InChI=1S/C9H7.C5H5.2CH3.Hf/c1-2-5-9-7-3-6-8(9)4-1;1-2-4-5-3-1;;;/h1-7H;1-5H;2*1H3;/q4*-1;+4. The van der Waals surface area contributed by atoms with Crippen molar-refractivity contribution in [3.63, 3.8) is 0 Å². The number of fused-ring (bicyclic) bond motifs is 1. The monoisotopic (exact) mass is 390 g/mol. The second kappa shape index (κ2) is 10.2. The molecule has 0 unspecified atom stereocenters. The van der Waals surface area contributed by atoms with Crippen LogP contribution in [0, 0.1) is 14.9 Å². The van der Waals surface area contributed by atoms with E-state index in [-0.39, 0.29) is 40.7 Å². The Labute approximate surface area is 124 Å². The van der Waals surface area contributed by atoms with E-state index in [4.69, 9.17) is 0 Å². The molecular weight excluding hydrogens is 371 g/mol. The minimum absolute atomic E-state index is 0. The van der Waals surface area contributed by atoms with Crippen LogP contribution in [-0.2, 0) is 25.8 Å². The van der Waals surface area contributed by atoms with Crippen LogP contribution in [0.3, 0.4) is 0 Å². The van der Waals surface area contributed by atoms with Gasteiger partial charge in [0.25, 0.3) is 0 Å². The molecule has 0 saturated carbocycles. The minimum Gasteiger partial charge on any atom is -0.358 e. The van der Waals surface area contributed by atoms with Gasteiger partial charge in [0.05, 0.1) is 0 Å². The smallest absolute Gasteiger partial charge is 0.358 e. The van der Waals surface area contributed by atoms with Crippen LogP contribution in [0.1, 0.15) is 0 Å². The maximum Gasteiger partial charge on any atom is 4.00 e. The summed E-state index contributed by atoms with van der Waals surface area (Å²) in [5, 5.41) is 2.66. The molecule has 0 aliphatic rings. The van der Waals surface area contributed by atoms with Crippen molar-refractivity contribution >= 4 is 10.8 Å². The van der Waals surface area contributed by atoms with Gasteiger partial charge in [-0.2, -0.15) is 35.7 Å². The van der Waals surface area contributed by atoms with Crippen LogP contribution in [0.2, 0.25) is 0 Å². The van der Waals surface area contributed by atoms with Gasteiger partial charge in [0.2, 0.25) is 0 Å². The predicted molar refractivity (Wildman–Crippen MR) is 74.4 cm³/mol. The quantitative estimate of drug-likeness (QED) is 0.381. The zero-order chi connectivity index (χ0) is 9.64. The first-order chi connectivity index (χ1) is 6.97. The van der Waals surface area contributed by atoms with E-state index in [2.05, 4.69) is 42.5 Å². The normalized spacial score (nSPS) is 7.76. The molecule has 0 amide bonds. The van der Waals surface area contributed by atoms with Gasteiger partial charge < -0.3 is 14.9 Å². The number of rotatable bonds is 0. The molecule has 0 atom stereocenters. The molecule has 3 rings (SSSR count). The van der Waals surface area contributed by atoms with Crippen molar-refractivity contribution in [3.05, 3.63) is 87.6 Å². The second-order valence-corrected chi connectivity index (χ2v) is 3.12. The average molecular weight is 389 g/mol. The van der Waals surface area contributed by atoms with E-state index in [9.17, 15) is 0 Å². The number of hydrogen-bond acceptors (Lipinski definition) is 0. The predicted octanol–water partition coefficient (Wildman–Crippen LogP) is 4.86. The summed E-state index contributed by atoms with van der Waals surface area (Å²) in [5.74, 6) is 0. The molecule has 3 aromatic carbocycles. The third-order valence-corrected chi connectivity index (χ3v) is 2.10. The summed E-state index contributed by atoms with van der Waals surface area (Å²) in [7, 11) is 0. The Kier molecular flexibility index (Phi) is 11.1. The summed E-state index contributed by atoms with van der Waals surface area (Å²) in [6.07, 6.45) is 0. The minimum atomic E-state index is 0. The molecule has 0 bridgehead atoms. The average Bonchev–Trinajstić information content (AvgIpc) is 2.92. The number of benzene rings is 1. The van der Waals surface area contributed by atoms with Gasteiger partial charge in [-0.05, 0) is 0 Å². The number of hydrogen-bond donors (Lipinski definition) is 0. The molecule has 0 radical (unpaired) electrons. The van der Waals surface area contributed by atoms with Gasteiger partial charge in [-0.1, -0.05) is 6.07 Å². The first-order valence-electron chi connectivity index (χ1n) is 4.74. The molecule has 17 heavy (non-hydrogen) atoms. The van der Waals surface area contributed by atoms with Crippen LogP contribution >= 0.6 is 0 Å². The van der Waals surface area contributed by atoms with Crippen molar-refractivity contribution in [2.45, 2.75) is 0 Å². The maximum absolute atomic E-state index is 2.12. The van der Waals surface area contributed by atoms with Gasteiger partial charge in [-0.15, -0.1) is 29.7 Å². The molecule has 3 aromatic rings. The third kappa shape index (κ3) is 5.78. The van der Waals surface area contributed by atoms with E-state index in [0.717, 1.165) is 0 Å². The van der Waals surface area contributed by atoms with E-state index < -0.39 is 0 Å². The van der Waals surface area contributed by atoms with E-state index >= 15 is 0 Å². The summed E-state index contributed by atoms with van der Waals surface area (Å²) in [5.41, 5.74) is 0. The largest absolute Gasteiger partial charge is 4.00 e. The Balaban J connectivity index is 0. The van der Waals surface area contributed by atoms with E-state index in [1.165, 1.54) is 10.8 Å². The zero-order valence-corrected chi connectivity index (χ0v) is 14.0. The molecular formula is C16H18Hf. The van der Waals surface area contributed by atoms with Crippen molar-refractivity contribution in [2.75, 3.05) is 0 Å². The molecule has 0 nitrogen and oxygen atoms in total. The molecule has 0 saturated heterocycles. The Hall–Kier alpha value is -0.950. The van der Waals surface area contributed by atoms with E-state index in [1.54, 1.807) is 0 Å². The molecule has 0 heterocycles. The molecule has 0 aromatic heterocycles. The summed E-state index contributed by atoms with van der Waals surface area (Å²) in [4.78, 5) is 0. The van der Waals surface area contributed by atoms with Crippen molar-refractivity contribution in [2.24, 2.45) is 0 Å². The molecule has 0 aliphatic heterocycles. The van der Waals surface area contributed by atoms with E-state index in [0.29, 0.717) is 0 Å². The fraction of sp³-hybridized carbons (Fsp3) is 0.